The van der Waals surface area contributed by atoms with Gasteiger partial charge in [-0.1, -0.05) is 136 Å². The van der Waals surface area contributed by atoms with Crippen LogP contribution in [-0.2, 0) is 0 Å². The fourth-order valence-electron chi connectivity index (χ4n) is 3.80. The van der Waals surface area contributed by atoms with Crippen molar-refractivity contribution in [3.05, 3.63) is 0 Å². The Morgan fingerprint density at radius 1 is 0.407 bits per heavy atom. The van der Waals surface area contributed by atoms with Crippen molar-refractivity contribution in [1.29, 1.82) is 0 Å². The zero-order chi connectivity index (χ0) is 19.1. The molecular formula is C25H54IN. The van der Waals surface area contributed by atoms with E-state index in [-0.39, 0.29) is 24.0 Å². The molecule has 0 heterocycles. The predicted molar refractivity (Wildman–Crippen MR) is 137 cm³/mol. The highest BCUT2D eigenvalue weighted by Crippen LogP contribution is 2.14. The molecule has 0 fully saturated rings. The van der Waals surface area contributed by atoms with Gasteiger partial charge in [-0.15, -0.1) is 24.0 Å². The molecule has 0 aromatic rings. The lowest BCUT2D eigenvalue weighted by Gasteiger charge is -2.12. The number of rotatable bonds is 22. The molecule has 0 rings (SSSR count). The van der Waals surface area contributed by atoms with Crippen LogP contribution in [0.5, 0.6) is 0 Å². The smallest absolute Gasteiger partial charge is 0.00219 e. The van der Waals surface area contributed by atoms with Crippen molar-refractivity contribution in [2.24, 2.45) is 0 Å². The van der Waals surface area contributed by atoms with Crippen molar-refractivity contribution in [3.8, 4) is 0 Å². The number of unbranched alkanes of at least 4 members (excludes halogenated alkanes) is 19. The minimum Gasteiger partial charge on any atom is -0.307 e. The first-order valence-corrected chi connectivity index (χ1v) is 12.5. The van der Waals surface area contributed by atoms with E-state index in [1.807, 2.05) is 0 Å². The molecule has 0 saturated heterocycles. The Kier molecular flexibility index (Phi) is 29.5. The number of halogens is 1. The zero-order valence-electron chi connectivity index (χ0n) is 19.4. The summed E-state index contributed by atoms with van der Waals surface area (Å²) in [7, 11) is 2.23. The molecule has 2 heteroatoms. The van der Waals surface area contributed by atoms with Gasteiger partial charge in [0, 0.05) is 0 Å². The van der Waals surface area contributed by atoms with Gasteiger partial charge in [0.25, 0.3) is 0 Å². The van der Waals surface area contributed by atoms with Crippen molar-refractivity contribution >= 4 is 24.0 Å². The van der Waals surface area contributed by atoms with Crippen LogP contribution in [0.25, 0.3) is 0 Å². The number of hydrogen-bond donors (Lipinski definition) is 0. The Morgan fingerprint density at radius 2 is 0.667 bits per heavy atom. The normalized spacial score (nSPS) is 11.1. The molecule has 0 atom stereocenters. The molecule has 0 aromatic carbocycles. The molecule has 0 saturated carbocycles. The molecule has 0 bridgehead atoms. The van der Waals surface area contributed by atoms with E-state index < -0.39 is 0 Å². The first kappa shape index (κ1) is 29.9. The van der Waals surface area contributed by atoms with Gasteiger partial charge in [0.05, 0.1) is 0 Å². The maximum absolute atomic E-state index is 2.43. The van der Waals surface area contributed by atoms with Crippen LogP contribution in [0.4, 0.5) is 0 Å². The molecule has 0 aliphatic heterocycles. The molecule has 0 aliphatic rings. The van der Waals surface area contributed by atoms with E-state index in [0.29, 0.717) is 0 Å². The Bertz CT molecular complexity index is 244. The fraction of sp³-hybridized carbons (Fsp3) is 1.00. The van der Waals surface area contributed by atoms with Crippen LogP contribution >= 0.6 is 24.0 Å². The lowest BCUT2D eigenvalue weighted by atomic mass is 10.0. The number of hydrogen-bond acceptors (Lipinski definition) is 1. The van der Waals surface area contributed by atoms with Gasteiger partial charge >= 0.3 is 0 Å². The average Bonchev–Trinajstić information content (AvgIpc) is 2.66. The van der Waals surface area contributed by atoms with Crippen LogP contribution in [0, 0.1) is 0 Å². The molecule has 1 nitrogen and oxygen atoms in total. The first-order valence-electron chi connectivity index (χ1n) is 12.5. The van der Waals surface area contributed by atoms with Gasteiger partial charge < -0.3 is 4.90 Å². The van der Waals surface area contributed by atoms with Crippen LogP contribution in [0.1, 0.15) is 142 Å². The number of nitrogens with zero attached hydrogens (tertiary/aromatic N) is 1. The highest BCUT2D eigenvalue weighted by molar-refractivity contribution is 14.0. The Morgan fingerprint density at radius 3 is 0.926 bits per heavy atom. The van der Waals surface area contributed by atoms with Gasteiger partial charge in [-0.3, -0.25) is 0 Å². The van der Waals surface area contributed by atoms with Crippen molar-refractivity contribution < 1.29 is 0 Å². The highest BCUT2D eigenvalue weighted by Gasteiger charge is 1.96. The van der Waals surface area contributed by atoms with Crippen molar-refractivity contribution in [3.63, 3.8) is 0 Å². The predicted octanol–water partition coefficient (Wildman–Crippen LogP) is 9.38. The van der Waals surface area contributed by atoms with Gasteiger partial charge in [0.2, 0.25) is 0 Å². The summed E-state index contributed by atoms with van der Waals surface area (Å²) in [6.45, 7) is 7.03. The molecule has 0 aromatic heterocycles. The lowest BCUT2D eigenvalue weighted by Crippen LogP contribution is -2.18. The first-order chi connectivity index (χ1) is 12.8. The van der Waals surface area contributed by atoms with E-state index in [9.17, 15) is 0 Å². The largest absolute Gasteiger partial charge is 0.307 e. The summed E-state index contributed by atoms with van der Waals surface area (Å²) in [5.74, 6) is 0. The molecular weight excluding hydrogens is 441 g/mol. The summed E-state index contributed by atoms with van der Waals surface area (Å²) in [4.78, 5) is 2.43. The van der Waals surface area contributed by atoms with E-state index >= 15 is 0 Å². The van der Waals surface area contributed by atoms with Gasteiger partial charge in [-0.05, 0) is 26.6 Å². The van der Waals surface area contributed by atoms with Crippen LogP contribution in [0.3, 0.4) is 0 Å². The summed E-state index contributed by atoms with van der Waals surface area (Å²) in [5.41, 5.74) is 0. The fourth-order valence-corrected chi connectivity index (χ4v) is 3.80. The average molecular weight is 496 g/mol. The van der Waals surface area contributed by atoms with Gasteiger partial charge in [0.15, 0.2) is 0 Å². The maximum atomic E-state index is 2.43. The van der Waals surface area contributed by atoms with E-state index in [4.69, 9.17) is 0 Å². The summed E-state index contributed by atoms with van der Waals surface area (Å²) >= 11 is 0. The summed E-state index contributed by atoms with van der Waals surface area (Å²) < 4.78 is 0. The van der Waals surface area contributed by atoms with E-state index in [0.717, 1.165) is 0 Å². The minimum absolute atomic E-state index is 0. The SMILES string of the molecule is CCCCCCCCCCCCCCCCCCCCCCN(C)CC.I. The molecule has 166 valence electrons. The van der Waals surface area contributed by atoms with Crippen molar-refractivity contribution in [2.75, 3.05) is 20.1 Å². The standard InChI is InChI=1S/C25H53N.HI/c1-4-6-7-8-9-10-11-12-13-14-15-16-17-18-19-20-21-22-23-24-25-26(3)5-2;/h4-25H2,1-3H3;1H. The lowest BCUT2D eigenvalue weighted by molar-refractivity contribution is 0.340. The van der Waals surface area contributed by atoms with E-state index in [1.165, 1.54) is 142 Å². The van der Waals surface area contributed by atoms with E-state index in [2.05, 4.69) is 25.8 Å². The van der Waals surface area contributed by atoms with Crippen LogP contribution < -0.4 is 0 Å². The summed E-state index contributed by atoms with van der Waals surface area (Å²) in [5, 5.41) is 0. The quantitative estimate of drug-likeness (QED) is 0.107. The summed E-state index contributed by atoms with van der Waals surface area (Å²) in [6.07, 6.45) is 29.3. The topological polar surface area (TPSA) is 3.24 Å². The minimum atomic E-state index is 0. The third-order valence-electron chi connectivity index (χ3n) is 5.93. The second kappa shape index (κ2) is 26.7. The maximum Gasteiger partial charge on any atom is -0.00219 e. The van der Waals surface area contributed by atoms with Gasteiger partial charge in [0.1, 0.15) is 0 Å². The zero-order valence-corrected chi connectivity index (χ0v) is 21.7. The molecule has 0 radical (unpaired) electrons. The molecule has 0 unspecified atom stereocenters. The molecule has 0 N–H and O–H groups in total. The van der Waals surface area contributed by atoms with Crippen molar-refractivity contribution in [1.82, 2.24) is 4.90 Å². The van der Waals surface area contributed by atoms with Crippen molar-refractivity contribution in [2.45, 2.75) is 142 Å². The Balaban J connectivity index is 0. The third kappa shape index (κ3) is 26.7. The second-order valence-corrected chi connectivity index (χ2v) is 8.61. The van der Waals surface area contributed by atoms with Gasteiger partial charge in [-0.25, -0.2) is 0 Å². The van der Waals surface area contributed by atoms with E-state index in [1.54, 1.807) is 0 Å². The Hall–Kier alpha value is 0.690. The van der Waals surface area contributed by atoms with Gasteiger partial charge in [-0.2, -0.15) is 0 Å². The summed E-state index contributed by atoms with van der Waals surface area (Å²) in [6, 6.07) is 0. The molecule has 27 heavy (non-hydrogen) atoms. The molecule has 0 aliphatic carbocycles. The molecule has 0 spiro atoms. The monoisotopic (exact) mass is 495 g/mol. The second-order valence-electron chi connectivity index (χ2n) is 8.61. The van der Waals surface area contributed by atoms with Crippen LogP contribution in [0.15, 0.2) is 0 Å². The Labute approximate surface area is 190 Å². The molecule has 0 amide bonds. The van der Waals surface area contributed by atoms with Crippen LogP contribution in [-0.4, -0.2) is 25.0 Å². The third-order valence-corrected chi connectivity index (χ3v) is 5.93. The van der Waals surface area contributed by atoms with Crippen LogP contribution in [0.2, 0.25) is 0 Å². The highest BCUT2D eigenvalue weighted by atomic mass is 127.